The van der Waals surface area contributed by atoms with Crippen LogP contribution in [-0.2, 0) is 10.0 Å². The van der Waals surface area contributed by atoms with E-state index in [4.69, 9.17) is 9.56 Å². The summed E-state index contributed by atoms with van der Waals surface area (Å²) in [4.78, 5) is 7.93. The van der Waals surface area contributed by atoms with Crippen LogP contribution in [0.3, 0.4) is 0 Å². The number of rotatable bonds is 2. The summed E-state index contributed by atoms with van der Waals surface area (Å²) in [7, 11) is -3.86. The fourth-order valence-electron chi connectivity index (χ4n) is 1.53. The molecule has 0 aliphatic heterocycles. The quantitative estimate of drug-likeness (QED) is 0.698. The van der Waals surface area contributed by atoms with Crippen LogP contribution in [0.2, 0.25) is 0 Å². The zero-order valence-electron chi connectivity index (χ0n) is 8.89. The van der Waals surface area contributed by atoms with Crippen LogP contribution in [-0.4, -0.2) is 28.0 Å². The number of sulfonamides is 1. The highest BCUT2D eigenvalue weighted by atomic mass is 32.2. The summed E-state index contributed by atoms with van der Waals surface area (Å²) in [6.45, 7) is 0. The molecule has 0 fully saturated rings. The fraction of sp³-hybridized carbons (Fsp3) is 0. The summed E-state index contributed by atoms with van der Waals surface area (Å²) < 4.78 is 28.9. The largest absolute Gasteiger partial charge is 0.442 e. The van der Waals surface area contributed by atoms with Crippen LogP contribution in [0, 0.1) is 0 Å². The molecule has 0 aliphatic rings. The molecule has 0 atom stereocenters. The van der Waals surface area contributed by atoms with Crippen LogP contribution in [0.1, 0.15) is 0 Å². The van der Waals surface area contributed by atoms with E-state index in [1.165, 1.54) is 35.4 Å². The third-order valence-corrected chi connectivity index (χ3v) is 3.08. The molecular weight excluding hydrogens is 258 g/mol. The number of furan rings is 1. The second kappa shape index (κ2) is 3.62. The highest BCUT2D eigenvalue weighted by Crippen LogP contribution is 2.23. The van der Waals surface area contributed by atoms with Gasteiger partial charge in [-0.2, -0.15) is 5.10 Å². The van der Waals surface area contributed by atoms with Crippen molar-refractivity contribution in [2.24, 2.45) is 5.14 Å². The first-order chi connectivity index (χ1) is 8.55. The van der Waals surface area contributed by atoms with Crippen molar-refractivity contribution >= 4 is 15.7 Å². The second-order valence-electron chi connectivity index (χ2n) is 3.49. The van der Waals surface area contributed by atoms with Crippen LogP contribution in [0.15, 0.2) is 40.4 Å². The second-order valence-corrected chi connectivity index (χ2v) is 4.98. The summed E-state index contributed by atoms with van der Waals surface area (Å²) in [5, 5.41) is 8.65. The lowest BCUT2D eigenvalue weighted by molar-refractivity contribution is 0.459. The molecule has 3 heterocycles. The number of fused-ring (bicyclic) bond motifs is 1. The van der Waals surface area contributed by atoms with E-state index in [1.807, 2.05) is 0 Å². The first-order valence-electron chi connectivity index (χ1n) is 4.82. The van der Waals surface area contributed by atoms with Crippen molar-refractivity contribution in [1.29, 1.82) is 0 Å². The molecule has 3 aromatic heterocycles. The molecule has 0 radical (unpaired) electrons. The molecule has 0 aromatic carbocycles. The number of primary sulfonamides is 1. The summed E-state index contributed by atoms with van der Waals surface area (Å²) in [6.07, 6.45) is 4.39. The Kier molecular flexibility index (Phi) is 2.18. The van der Waals surface area contributed by atoms with Gasteiger partial charge in [0.15, 0.2) is 11.4 Å². The predicted octanol–water partition coefficient (Wildman–Crippen LogP) is 0.0317. The maximum Gasteiger partial charge on any atom is 0.271 e. The van der Waals surface area contributed by atoms with Crippen LogP contribution in [0.5, 0.6) is 0 Å². The Morgan fingerprint density at radius 2 is 2.11 bits per heavy atom. The van der Waals surface area contributed by atoms with Crippen molar-refractivity contribution in [3.05, 3.63) is 30.9 Å². The van der Waals surface area contributed by atoms with Gasteiger partial charge in [-0.3, -0.25) is 4.98 Å². The van der Waals surface area contributed by atoms with Gasteiger partial charge >= 0.3 is 0 Å². The van der Waals surface area contributed by atoms with Gasteiger partial charge in [-0.05, 0) is 12.1 Å². The normalized spacial score (nSPS) is 12.1. The van der Waals surface area contributed by atoms with Gasteiger partial charge in [-0.25, -0.2) is 23.1 Å². The molecule has 0 bridgehead atoms. The van der Waals surface area contributed by atoms with Crippen molar-refractivity contribution in [3.8, 4) is 11.5 Å². The Morgan fingerprint density at radius 1 is 1.28 bits per heavy atom. The van der Waals surface area contributed by atoms with Gasteiger partial charge in [0.25, 0.3) is 10.0 Å². The Labute approximate surface area is 101 Å². The van der Waals surface area contributed by atoms with Gasteiger partial charge in [0.1, 0.15) is 12.0 Å². The van der Waals surface area contributed by atoms with E-state index in [0.717, 1.165) is 0 Å². The number of aromatic nitrogens is 4. The molecule has 3 rings (SSSR count). The highest BCUT2D eigenvalue weighted by molar-refractivity contribution is 7.89. The molecule has 3 aromatic rings. The lowest BCUT2D eigenvalue weighted by Gasteiger charge is -1.99. The maximum absolute atomic E-state index is 11.1. The topological polar surface area (TPSA) is 116 Å². The standard InChI is InChI=1S/C9H7N5O3S/c10-18(15,16)9-2-1-7(17-9)6-3-11-4-8-12-5-13-14(6)8/h1-5H,(H2,10,15,16). The summed E-state index contributed by atoms with van der Waals surface area (Å²) >= 11 is 0. The number of hydrogen-bond acceptors (Lipinski definition) is 6. The third-order valence-electron chi connectivity index (χ3n) is 2.30. The predicted molar refractivity (Wildman–Crippen MR) is 59.9 cm³/mol. The number of hydrogen-bond donors (Lipinski definition) is 1. The molecule has 0 saturated carbocycles. The molecule has 0 unspecified atom stereocenters. The Bertz CT molecular complexity index is 819. The Balaban J connectivity index is 2.21. The number of nitrogens with zero attached hydrogens (tertiary/aromatic N) is 4. The van der Waals surface area contributed by atoms with Gasteiger partial charge in [0.2, 0.25) is 5.09 Å². The van der Waals surface area contributed by atoms with Crippen LogP contribution < -0.4 is 5.14 Å². The lowest BCUT2D eigenvalue weighted by Crippen LogP contribution is -2.10. The molecule has 8 nitrogen and oxygen atoms in total. The zero-order valence-corrected chi connectivity index (χ0v) is 9.70. The monoisotopic (exact) mass is 265 g/mol. The van der Waals surface area contributed by atoms with Gasteiger partial charge in [-0.15, -0.1) is 0 Å². The molecular formula is C9H7N5O3S. The van der Waals surface area contributed by atoms with Gasteiger partial charge in [0, 0.05) is 0 Å². The lowest BCUT2D eigenvalue weighted by atomic mass is 10.3. The molecule has 92 valence electrons. The molecule has 0 saturated heterocycles. The SMILES string of the molecule is NS(=O)(=O)c1ccc(-c2cncc3ncnn23)o1. The highest BCUT2D eigenvalue weighted by Gasteiger charge is 2.16. The number of nitrogens with two attached hydrogens (primary N) is 1. The summed E-state index contributed by atoms with van der Waals surface area (Å²) in [6, 6.07) is 2.76. The zero-order chi connectivity index (χ0) is 12.8. The Morgan fingerprint density at radius 3 is 2.83 bits per heavy atom. The van der Waals surface area contributed by atoms with E-state index in [-0.39, 0.29) is 5.09 Å². The summed E-state index contributed by atoms with van der Waals surface area (Å²) in [5.74, 6) is 0.294. The van der Waals surface area contributed by atoms with Crippen molar-refractivity contribution in [2.75, 3.05) is 0 Å². The van der Waals surface area contributed by atoms with Gasteiger partial charge < -0.3 is 4.42 Å². The molecule has 0 aliphatic carbocycles. The van der Waals surface area contributed by atoms with Gasteiger partial charge in [0.05, 0.1) is 12.4 Å². The Hall–Kier alpha value is -2.26. The van der Waals surface area contributed by atoms with E-state index in [2.05, 4.69) is 15.1 Å². The molecule has 0 spiro atoms. The van der Waals surface area contributed by atoms with E-state index < -0.39 is 10.0 Å². The minimum absolute atomic E-state index is 0.294. The average Bonchev–Trinajstić information content (AvgIpc) is 2.96. The van der Waals surface area contributed by atoms with Crippen LogP contribution >= 0.6 is 0 Å². The van der Waals surface area contributed by atoms with Crippen LogP contribution in [0.25, 0.3) is 17.1 Å². The first-order valence-corrected chi connectivity index (χ1v) is 6.37. The molecule has 2 N–H and O–H groups in total. The first kappa shape index (κ1) is 10.9. The van der Waals surface area contributed by atoms with E-state index in [1.54, 1.807) is 0 Å². The van der Waals surface area contributed by atoms with Crippen molar-refractivity contribution in [2.45, 2.75) is 5.09 Å². The van der Waals surface area contributed by atoms with E-state index >= 15 is 0 Å². The fourth-order valence-corrected chi connectivity index (χ4v) is 2.00. The maximum atomic E-state index is 11.1. The molecule has 18 heavy (non-hydrogen) atoms. The van der Waals surface area contributed by atoms with Crippen molar-refractivity contribution in [3.63, 3.8) is 0 Å². The van der Waals surface area contributed by atoms with Crippen molar-refractivity contribution < 1.29 is 12.8 Å². The average molecular weight is 265 g/mol. The van der Waals surface area contributed by atoms with Crippen LogP contribution in [0.4, 0.5) is 0 Å². The third kappa shape index (κ3) is 1.65. The van der Waals surface area contributed by atoms with Gasteiger partial charge in [-0.1, -0.05) is 0 Å². The van der Waals surface area contributed by atoms with E-state index in [0.29, 0.717) is 17.1 Å². The smallest absolute Gasteiger partial charge is 0.271 e. The minimum atomic E-state index is -3.86. The van der Waals surface area contributed by atoms with Crippen molar-refractivity contribution in [1.82, 2.24) is 19.6 Å². The van der Waals surface area contributed by atoms with E-state index in [9.17, 15) is 8.42 Å². The summed E-state index contributed by atoms with van der Waals surface area (Å²) in [5.41, 5.74) is 1.01. The molecule has 9 heteroatoms. The minimum Gasteiger partial charge on any atom is -0.442 e. The molecule has 0 amide bonds.